The summed E-state index contributed by atoms with van der Waals surface area (Å²) in [6.07, 6.45) is 7.73. The number of hydrogen-bond acceptors (Lipinski definition) is 4. The molecule has 2 N–H and O–H groups in total. The number of carbonyl (C=O) groups is 1. The average Bonchev–Trinajstić information content (AvgIpc) is 3.14. The van der Waals surface area contributed by atoms with Crippen LogP contribution in [0.4, 0.5) is 5.13 Å². The molecule has 2 heterocycles. The van der Waals surface area contributed by atoms with Crippen LogP contribution in [0.15, 0.2) is 41.7 Å². The molecule has 23 heavy (non-hydrogen) atoms. The van der Waals surface area contributed by atoms with E-state index in [0.717, 1.165) is 26.9 Å². The van der Waals surface area contributed by atoms with Gasteiger partial charge in [-0.05, 0) is 35.4 Å². The Bertz CT molecular complexity index is 891. The molecule has 0 spiro atoms. The molecule has 3 rings (SSSR count). The summed E-state index contributed by atoms with van der Waals surface area (Å²) >= 11 is 1.46. The number of benzene rings is 1. The molecule has 6 heteroatoms. The molecule has 1 amide bonds. The van der Waals surface area contributed by atoms with Crippen LogP contribution in [0.5, 0.6) is 0 Å². The molecule has 0 saturated heterocycles. The van der Waals surface area contributed by atoms with E-state index < -0.39 is 0 Å². The van der Waals surface area contributed by atoms with Crippen molar-refractivity contribution in [3.63, 3.8) is 0 Å². The van der Waals surface area contributed by atoms with E-state index in [2.05, 4.69) is 32.4 Å². The number of aliphatic imine (C=N–C) groups is 1. The number of nitrogens with one attached hydrogen (secondary N) is 2. The number of hydrogen-bond donors (Lipinski definition) is 2. The number of nitrogens with zero attached hydrogens (tertiary/aromatic N) is 2. The summed E-state index contributed by atoms with van der Waals surface area (Å²) in [5.41, 5.74) is 4.03. The Morgan fingerprint density at radius 1 is 1.39 bits per heavy atom. The Morgan fingerprint density at radius 2 is 2.26 bits per heavy atom. The number of aromatic nitrogens is 2. The van der Waals surface area contributed by atoms with Crippen LogP contribution >= 0.6 is 11.3 Å². The number of rotatable bonds is 4. The number of carbonyl (C=O) groups excluding carboxylic acids is 1. The van der Waals surface area contributed by atoms with Crippen LogP contribution in [0.3, 0.4) is 0 Å². The number of aromatic amines is 1. The fraction of sp³-hybridized carbons (Fsp3) is 0.118. The number of H-pyrrole nitrogens is 1. The highest BCUT2D eigenvalue weighted by molar-refractivity contribution is 7.22. The average molecular weight is 324 g/mol. The normalized spacial score (nSPS) is 12.2. The molecule has 0 radical (unpaired) electrons. The van der Waals surface area contributed by atoms with Gasteiger partial charge in [-0.25, -0.2) is 4.98 Å². The van der Waals surface area contributed by atoms with Crippen LogP contribution in [0.25, 0.3) is 21.9 Å². The van der Waals surface area contributed by atoms with E-state index in [1.165, 1.54) is 18.3 Å². The van der Waals surface area contributed by atoms with Gasteiger partial charge in [-0.3, -0.25) is 9.79 Å². The lowest BCUT2D eigenvalue weighted by molar-refractivity contribution is -0.114. The lowest BCUT2D eigenvalue weighted by Gasteiger charge is -2.02. The van der Waals surface area contributed by atoms with Crippen molar-refractivity contribution in [2.24, 2.45) is 4.99 Å². The monoisotopic (exact) mass is 324 g/mol. The Balaban J connectivity index is 2.01. The standard InChI is InChI=1S/C17H16N4OS/c1-11(22)20-17-21-15-4-3-13(8-16(15)23-17)14(10-18-2)7-12-5-6-19-9-12/h3-10,19H,1-2H3,(H,20,21,22)/b14-7+,18-10?. The van der Waals surface area contributed by atoms with Crippen molar-refractivity contribution in [1.82, 2.24) is 9.97 Å². The van der Waals surface area contributed by atoms with Gasteiger partial charge in [-0.2, -0.15) is 0 Å². The number of thiazole rings is 1. The molecule has 0 fully saturated rings. The molecule has 0 aliphatic heterocycles. The maximum absolute atomic E-state index is 11.2. The van der Waals surface area contributed by atoms with Gasteiger partial charge in [0.15, 0.2) is 5.13 Å². The fourth-order valence-electron chi connectivity index (χ4n) is 2.25. The zero-order chi connectivity index (χ0) is 16.2. The van der Waals surface area contributed by atoms with Crippen LogP contribution in [0.1, 0.15) is 18.1 Å². The predicted octanol–water partition coefficient (Wildman–Crippen LogP) is 3.82. The first kappa shape index (κ1) is 15.2. The van der Waals surface area contributed by atoms with Gasteiger partial charge in [0.25, 0.3) is 0 Å². The van der Waals surface area contributed by atoms with Gasteiger partial charge in [0.1, 0.15) is 0 Å². The largest absolute Gasteiger partial charge is 0.367 e. The molecule has 3 aromatic rings. The van der Waals surface area contributed by atoms with Crippen LogP contribution in [0.2, 0.25) is 0 Å². The van der Waals surface area contributed by atoms with Crippen molar-refractivity contribution in [2.45, 2.75) is 6.92 Å². The second kappa shape index (κ2) is 6.58. The Kier molecular flexibility index (Phi) is 4.34. The van der Waals surface area contributed by atoms with Gasteiger partial charge in [0.05, 0.1) is 10.2 Å². The summed E-state index contributed by atoms with van der Waals surface area (Å²) in [5, 5.41) is 3.34. The minimum Gasteiger partial charge on any atom is -0.367 e. The Hall–Kier alpha value is -2.73. The molecule has 0 unspecified atom stereocenters. The minimum absolute atomic E-state index is 0.115. The summed E-state index contributed by atoms with van der Waals surface area (Å²) in [4.78, 5) is 22.7. The first-order chi connectivity index (χ1) is 11.2. The van der Waals surface area contributed by atoms with Crippen LogP contribution < -0.4 is 5.32 Å². The number of anilines is 1. The van der Waals surface area contributed by atoms with Gasteiger partial charge in [0.2, 0.25) is 5.91 Å². The van der Waals surface area contributed by atoms with Crippen molar-refractivity contribution in [3.05, 3.63) is 47.8 Å². The van der Waals surface area contributed by atoms with Crippen LogP contribution in [-0.4, -0.2) is 29.1 Å². The molecule has 2 aromatic heterocycles. The van der Waals surface area contributed by atoms with E-state index in [0.29, 0.717) is 5.13 Å². The van der Waals surface area contributed by atoms with Crippen molar-refractivity contribution in [3.8, 4) is 0 Å². The molecular weight excluding hydrogens is 308 g/mol. The second-order valence-corrected chi connectivity index (χ2v) is 6.04. The lowest BCUT2D eigenvalue weighted by atomic mass is 10.0. The number of fused-ring (bicyclic) bond motifs is 1. The van der Waals surface area contributed by atoms with E-state index in [1.807, 2.05) is 36.8 Å². The summed E-state index contributed by atoms with van der Waals surface area (Å²) in [6, 6.07) is 8.04. The van der Waals surface area contributed by atoms with Crippen molar-refractivity contribution in [1.29, 1.82) is 0 Å². The maximum atomic E-state index is 11.2. The minimum atomic E-state index is -0.115. The van der Waals surface area contributed by atoms with Gasteiger partial charge in [0, 0.05) is 38.2 Å². The van der Waals surface area contributed by atoms with E-state index in [1.54, 1.807) is 7.05 Å². The Morgan fingerprint density at radius 3 is 2.96 bits per heavy atom. The van der Waals surface area contributed by atoms with E-state index >= 15 is 0 Å². The van der Waals surface area contributed by atoms with Gasteiger partial charge < -0.3 is 10.3 Å². The quantitative estimate of drug-likeness (QED) is 0.716. The summed E-state index contributed by atoms with van der Waals surface area (Å²) in [7, 11) is 1.76. The molecule has 1 aromatic carbocycles. The highest BCUT2D eigenvalue weighted by Gasteiger charge is 2.07. The zero-order valence-corrected chi connectivity index (χ0v) is 13.6. The molecule has 5 nitrogen and oxygen atoms in total. The zero-order valence-electron chi connectivity index (χ0n) is 12.8. The third-order valence-corrected chi connectivity index (χ3v) is 4.15. The summed E-state index contributed by atoms with van der Waals surface area (Å²) < 4.78 is 1.02. The van der Waals surface area contributed by atoms with E-state index in [-0.39, 0.29) is 5.91 Å². The molecule has 0 atom stereocenters. The topological polar surface area (TPSA) is 70.1 Å². The molecule has 116 valence electrons. The summed E-state index contributed by atoms with van der Waals surface area (Å²) in [5.74, 6) is -0.115. The first-order valence-electron chi connectivity index (χ1n) is 7.11. The Labute approximate surface area is 137 Å². The SMILES string of the molecule is CN=C/C(=C\c1cc[nH]c1)c1ccc2nc(NC(C)=O)sc2c1. The predicted molar refractivity (Wildman–Crippen MR) is 97.0 cm³/mol. The highest BCUT2D eigenvalue weighted by atomic mass is 32.1. The molecule has 0 saturated carbocycles. The lowest BCUT2D eigenvalue weighted by Crippen LogP contribution is -2.04. The maximum Gasteiger partial charge on any atom is 0.223 e. The summed E-state index contributed by atoms with van der Waals surface area (Å²) in [6.45, 7) is 1.48. The first-order valence-corrected chi connectivity index (χ1v) is 7.92. The van der Waals surface area contributed by atoms with Crippen LogP contribution in [-0.2, 0) is 4.79 Å². The highest BCUT2D eigenvalue weighted by Crippen LogP contribution is 2.29. The molecule has 0 aliphatic rings. The second-order valence-electron chi connectivity index (χ2n) is 5.01. The number of amides is 1. The van der Waals surface area contributed by atoms with Gasteiger partial charge in [-0.1, -0.05) is 17.4 Å². The van der Waals surface area contributed by atoms with Gasteiger partial charge >= 0.3 is 0 Å². The molecule has 0 bridgehead atoms. The van der Waals surface area contributed by atoms with Crippen molar-refractivity contribution < 1.29 is 4.79 Å². The smallest absolute Gasteiger partial charge is 0.223 e. The van der Waals surface area contributed by atoms with Crippen LogP contribution in [0, 0.1) is 0 Å². The number of allylic oxidation sites excluding steroid dienone is 1. The van der Waals surface area contributed by atoms with Crippen molar-refractivity contribution >= 4 is 50.5 Å². The van der Waals surface area contributed by atoms with Crippen molar-refractivity contribution in [2.75, 3.05) is 12.4 Å². The van der Waals surface area contributed by atoms with Gasteiger partial charge in [-0.15, -0.1) is 0 Å². The molecule has 0 aliphatic carbocycles. The third kappa shape index (κ3) is 3.54. The molecular formula is C17H16N4OS. The fourth-order valence-corrected chi connectivity index (χ4v) is 3.20. The van der Waals surface area contributed by atoms with E-state index in [9.17, 15) is 4.79 Å². The third-order valence-electron chi connectivity index (χ3n) is 3.22. The van der Waals surface area contributed by atoms with E-state index in [4.69, 9.17) is 0 Å².